The predicted molar refractivity (Wildman–Crippen MR) is 150 cm³/mol. The van der Waals surface area contributed by atoms with Crippen LogP contribution in [0.15, 0.2) is 70.7 Å². The van der Waals surface area contributed by atoms with Gasteiger partial charge in [0.05, 0.1) is 6.61 Å². The average molecular weight is 501 g/mol. The third kappa shape index (κ3) is 23.5. The van der Waals surface area contributed by atoms with Crippen LogP contribution >= 0.6 is 0 Å². The molecular weight excluding hydrogens is 456 g/mol. The molecule has 36 heavy (non-hydrogen) atoms. The van der Waals surface area contributed by atoms with Gasteiger partial charge in [-0.3, -0.25) is 15.1 Å². The van der Waals surface area contributed by atoms with E-state index < -0.39 is 6.09 Å². The van der Waals surface area contributed by atoms with Gasteiger partial charge in [0.25, 0.3) is 0 Å². The highest BCUT2D eigenvalue weighted by Gasteiger charge is 2.05. The fraction of sp³-hybridized carbons (Fsp3) is 0.481. The van der Waals surface area contributed by atoms with Gasteiger partial charge in [0.2, 0.25) is 17.8 Å². The van der Waals surface area contributed by atoms with E-state index in [1.807, 2.05) is 0 Å². The first-order valence-corrected chi connectivity index (χ1v) is 12.5. The molecule has 0 saturated carbocycles. The molecule has 0 unspecified atom stereocenters. The van der Waals surface area contributed by atoms with Gasteiger partial charge in [-0.2, -0.15) is 4.99 Å². The molecule has 6 N–H and O–H groups in total. The zero-order valence-electron chi connectivity index (χ0n) is 21.8. The monoisotopic (exact) mass is 500 g/mol. The zero-order chi connectivity index (χ0) is 26.7. The van der Waals surface area contributed by atoms with Crippen molar-refractivity contribution in [3.8, 4) is 0 Å². The van der Waals surface area contributed by atoms with Gasteiger partial charge in [-0.1, -0.05) is 67.7 Å². The first-order chi connectivity index (χ1) is 17.5. The summed E-state index contributed by atoms with van der Waals surface area (Å²) in [7, 11) is 1.45. The molecule has 0 saturated heterocycles. The second kappa shape index (κ2) is 24.5. The molecule has 9 heteroatoms. The number of alkyl carbamates (subject to hydrolysis) is 1. The SMILES string of the molecule is CC/C=C\C/C=C\C/C=C\C/C=C\C/C=C\CCCC(=O)NCCCOC(=O)N/C(N)=N/C(N)=NC. The summed E-state index contributed by atoms with van der Waals surface area (Å²) in [5.74, 6) is -0.279. The molecule has 0 aromatic rings. The number of nitrogens with one attached hydrogen (secondary N) is 2. The van der Waals surface area contributed by atoms with Crippen LogP contribution in [0.3, 0.4) is 0 Å². The molecule has 0 radical (unpaired) electrons. The fourth-order valence-electron chi connectivity index (χ4n) is 2.64. The van der Waals surface area contributed by atoms with E-state index in [4.69, 9.17) is 16.2 Å². The number of hydrogen-bond acceptors (Lipinski definition) is 4. The van der Waals surface area contributed by atoms with E-state index in [-0.39, 0.29) is 24.4 Å². The van der Waals surface area contributed by atoms with Crippen molar-refractivity contribution in [2.24, 2.45) is 21.5 Å². The van der Waals surface area contributed by atoms with Crippen molar-refractivity contribution in [2.75, 3.05) is 20.2 Å². The minimum atomic E-state index is -0.747. The Bertz CT molecular complexity index is 810. The average Bonchev–Trinajstić information content (AvgIpc) is 2.85. The molecule has 9 nitrogen and oxygen atoms in total. The maximum atomic E-state index is 11.8. The maximum absolute atomic E-state index is 11.8. The van der Waals surface area contributed by atoms with Crippen LogP contribution in [0.4, 0.5) is 4.79 Å². The summed E-state index contributed by atoms with van der Waals surface area (Å²) in [4.78, 5) is 30.6. The Balaban J connectivity index is 3.66. The minimum absolute atomic E-state index is 0.0162. The van der Waals surface area contributed by atoms with Gasteiger partial charge in [0.1, 0.15) is 0 Å². The normalized spacial score (nSPS) is 13.1. The molecule has 0 aliphatic rings. The summed E-state index contributed by atoms with van der Waals surface area (Å²) in [6.45, 7) is 2.70. The van der Waals surface area contributed by atoms with Crippen LogP contribution in [0.1, 0.15) is 64.7 Å². The van der Waals surface area contributed by atoms with Crippen LogP contribution in [-0.2, 0) is 9.53 Å². The van der Waals surface area contributed by atoms with Crippen molar-refractivity contribution in [1.82, 2.24) is 10.6 Å². The van der Waals surface area contributed by atoms with Crippen LogP contribution in [0.5, 0.6) is 0 Å². The number of carbonyl (C=O) groups is 2. The third-order valence-corrected chi connectivity index (χ3v) is 4.50. The lowest BCUT2D eigenvalue weighted by molar-refractivity contribution is -0.121. The molecule has 0 fully saturated rings. The number of nitrogens with two attached hydrogens (primary N) is 2. The van der Waals surface area contributed by atoms with Crippen molar-refractivity contribution in [1.29, 1.82) is 0 Å². The molecule has 0 rings (SSSR count). The molecule has 0 aromatic heterocycles. The molecule has 0 atom stereocenters. The van der Waals surface area contributed by atoms with Crippen molar-refractivity contribution in [2.45, 2.75) is 64.7 Å². The Morgan fingerprint density at radius 1 is 0.833 bits per heavy atom. The van der Waals surface area contributed by atoms with E-state index in [1.165, 1.54) is 7.05 Å². The molecule has 2 amide bonds. The van der Waals surface area contributed by atoms with Crippen LogP contribution in [-0.4, -0.2) is 44.1 Å². The second-order valence-electron chi connectivity index (χ2n) is 7.64. The summed E-state index contributed by atoms with van der Waals surface area (Å²) >= 11 is 0. The summed E-state index contributed by atoms with van der Waals surface area (Å²) in [5.41, 5.74) is 10.8. The van der Waals surface area contributed by atoms with Crippen LogP contribution in [0, 0.1) is 0 Å². The third-order valence-electron chi connectivity index (χ3n) is 4.50. The van der Waals surface area contributed by atoms with E-state index in [9.17, 15) is 9.59 Å². The Kier molecular flexibility index (Phi) is 22.0. The van der Waals surface area contributed by atoms with Crippen molar-refractivity contribution in [3.05, 3.63) is 60.8 Å². The van der Waals surface area contributed by atoms with Gasteiger partial charge in [-0.15, -0.1) is 0 Å². The van der Waals surface area contributed by atoms with Gasteiger partial charge in [0, 0.05) is 20.0 Å². The molecule has 200 valence electrons. The Morgan fingerprint density at radius 3 is 1.94 bits per heavy atom. The lowest BCUT2D eigenvalue weighted by Gasteiger charge is -2.07. The van der Waals surface area contributed by atoms with Crippen molar-refractivity contribution < 1.29 is 14.3 Å². The summed E-state index contributed by atoms with van der Waals surface area (Å²) < 4.78 is 4.94. The highest BCUT2D eigenvalue weighted by molar-refractivity contribution is 5.99. The first kappa shape index (κ1) is 32.4. The van der Waals surface area contributed by atoms with Gasteiger partial charge in [-0.25, -0.2) is 4.79 Å². The van der Waals surface area contributed by atoms with Gasteiger partial charge >= 0.3 is 6.09 Å². The predicted octanol–water partition coefficient (Wildman–Crippen LogP) is 4.40. The van der Waals surface area contributed by atoms with Crippen molar-refractivity contribution in [3.63, 3.8) is 0 Å². The van der Waals surface area contributed by atoms with Crippen LogP contribution in [0.25, 0.3) is 0 Å². The molecule has 0 heterocycles. The number of allylic oxidation sites excluding steroid dienone is 10. The largest absolute Gasteiger partial charge is 0.449 e. The summed E-state index contributed by atoms with van der Waals surface area (Å²) in [5, 5.41) is 5.03. The van der Waals surface area contributed by atoms with E-state index in [0.29, 0.717) is 19.4 Å². The van der Waals surface area contributed by atoms with Gasteiger partial charge in [-0.05, 0) is 51.4 Å². The lowest BCUT2D eigenvalue weighted by Crippen LogP contribution is -2.38. The van der Waals surface area contributed by atoms with E-state index >= 15 is 0 Å². The smallest absolute Gasteiger partial charge is 0.413 e. The minimum Gasteiger partial charge on any atom is -0.449 e. The number of carbonyl (C=O) groups excluding carboxylic acids is 2. The second-order valence-corrected chi connectivity index (χ2v) is 7.64. The number of aliphatic imine (C=N–C) groups is 2. The first-order valence-electron chi connectivity index (χ1n) is 12.5. The molecule has 0 spiro atoms. The fourth-order valence-corrected chi connectivity index (χ4v) is 2.64. The molecule has 0 aliphatic carbocycles. The van der Waals surface area contributed by atoms with Gasteiger partial charge in [0.15, 0.2) is 0 Å². The molecule has 0 aliphatic heterocycles. The van der Waals surface area contributed by atoms with E-state index in [0.717, 1.165) is 44.9 Å². The molecule has 0 aromatic carbocycles. The number of ether oxygens (including phenoxy) is 1. The quantitative estimate of drug-likeness (QED) is 0.101. The van der Waals surface area contributed by atoms with E-state index in [1.54, 1.807) is 0 Å². The number of unbranched alkanes of at least 4 members (excludes halogenated alkanes) is 1. The number of hydrogen-bond donors (Lipinski definition) is 4. The Morgan fingerprint density at radius 2 is 1.39 bits per heavy atom. The number of guanidine groups is 2. The topological polar surface area (TPSA) is 144 Å². The summed E-state index contributed by atoms with van der Waals surface area (Å²) in [6, 6.07) is 0. The van der Waals surface area contributed by atoms with Gasteiger partial charge < -0.3 is 21.5 Å². The zero-order valence-corrected chi connectivity index (χ0v) is 21.8. The molecule has 0 bridgehead atoms. The van der Waals surface area contributed by atoms with E-state index in [2.05, 4.69) is 88.3 Å². The number of rotatable bonds is 17. The van der Waals surface area contributed by atoms with Crippen molar-refractivity contribution >= 4 is 23.9 Å². The highest BCUT2D eigenvalue weighted by atomic mass is 16.5. The number of amides is 2. The van der Waals surface area contributed by atoms with Crippen LogP contribution < -0.4 is 22.1 Å². The molecular formula is C27H44N6O3. The summed E-state index contributed by atoms with van der Waals surface area (Å²) in [6.07, 6.45) is 28.4. The van der Waals surface area contributed by atoms with Crippen LogP contribution in [0.2, 0.25) is 0 Å². The maximum Gasteiger partial charge on any atom is 0.413 e. The highest BCUT2D eigenvalue weighted by Crippen LogP contribution is 1.99. The number of nitrogens with zero attached hydrogens (tertiary/aromatic N) is 2. The Labute approximate surface area is 216 Å². The Hall–Kier alpha value is -3.62. The standard InChI is InChI=1S/C27H44N6O3/c1-3-4-5-6-7-8-9-10-11-12-13-14-15-16-17-18-19-21-24(34)31-22-20-23-36-27(35)33-26(29)32-25(28)30-2/h4-5,7-8,10-11,13-14,16-17H,3,6,9,12,15,18-23H2,1-2H3,(H,31,34)(H5,28,29,30,32,33,35)/b5-4-,8-7-,11-10-,14-13-,17-16-. The lowest BCUT2D eigenvalue weighted by atomic mass is 10.2.